The van der Waals surface area contributed by atoms with Gasteiger partial charge in [0.2, 0.25) is 0 Å². The number of hydrogen-bond donors (Lipinski definition) is 0. The molecule has 1 atom stereocenters. The monoisotopic (exact) mass is 231 g/mol. The average Bonchev–Trinajstić information content (AvgIpc) is 2.46. The van der Waals surface area contributed by atoms with E-state index in [9.17, 15) is 0 Å². The summed E-state index contributed by atoms with van der Waals surface area (Å²) in [5.74, 6) is 0. The van der Waals surface area contributed by atoms with Crippen LogP contribution in [0.1, 0.15) is 5.56 Å². The summed E-state index contributed by atoms with van der Waals surface area (Å²) in [6.45, 7) is 0. The Morgan fingerprint density at radius 1 is 0.889 bits per heavy atom. The highest BCUT2D eigenvalue weighted by atomic mass is 15.2. The second kappa shape index (κ2) is 3.61. The number of benzene rings is 1. The molecule has 0 amide bonds. The molecule has 1 nitrogen and oxygen atoms in total. The van der Waals surface area contributed by atoms with Crippen LogP contribution in [-0.2, 0) is 0 Å². The van der Waals surface area contributed by atoms with E-state index >= 15 is 0 Å². The average molecular weight is 231 g/mol. The first kappa shape index (κ1) is 9.72. The predicted molar refractivity (Wildman–Crippen MR) is 76.2 cm³/mol. The summed E-state index contributed by atoms with van der Waals surface area (Å²) in [6.07, 6.45) is 17.5. The highest BCUT2D eigenvalue weighted by molar-refractivity contribution is 5.79. The van der Waals surface area contributed by atoms with E-state index in [0.717, 1.165) is 0 Å². The summed E-state index contributed by atoms with van der Waals surface area (Å²) in [6, 6.07) is 8.90. The number of rotatable bonds is 0. The molecule has 0 fully saturated rings. The lowest BCUT2D eigenvalue weighted by atomic mass is 9.92. The number of anilines is 1. The van der Waals surface area contributed by atoms with Crippen molar-refractivity contribution in [3.8, 4) is 0 Å². The van der Waals surface area contributed by atoms with Crippen molar-refractivity contribution in [2.24, 2.45) is 0 Å². The maximum Gasteiger partial charge on any atom is 0.0778 e. The number of fused-ring (bicyclic) bond motifs is 5. The van der Waals surface area contributed by atoms with Crippen molar-refractivity contribution in [3.63, 3.8) is 0 Å². The molecule has 2 aliphatic heterocycles. The topological polar surface area (TPSA) is 3.24 Å². The van der Waals surface area contributed by atoms with E-state index in [2.05, 4.69) is 77.8 Å². The third kappa shape index (κ3) is 1.28. The molecule has 0 radical (unpaired) electrons. The van der Waals surface area contributed by atoms with Gasteiger partial charge in [-0.05, 0) is 29.4 Å². The lowest BCUT2D eigenvalue weighted by Crippen LogP contribution is -2.37. The Balaban J connectivity index is 1.92. The van der Waals surface area contributed by atoms with Crippen molar-refractivity contribution in [1.29, 1.82) is 0 Å². The Bertz CT molecular complexity index is 656. The summed E-state index contributed by atoms with van der Waals surface area (Å²) in [5, 5.41) is 0. The van der Waals surface area contributed by atoms with E-state index in [4.69, 9.17) is 0 Å². The number of nitrogens with zero attached hydrogens (tertiary/aromatic N) is 1. The molecular formula is C17H13N. The van der Waals surface area contributed by atoms with Crippen LogP contribution in [0, 0.1) is 0 Å². The van der Waals surface area contributed by atoms with E-state index in [1.807, 2.05) is 0 Å². The Kier molecular flexibility index (Phi) is 1.95. The smallest absolute Gasteiger partial charge is 0.0778 e. The minimum Gasteiger partial charge on any atom is -0.330 e. The highest BCUT2D eigenvalue weighted by Crippen LogP contribution is 2.37. The Hall–Kier alpha value is -2.28. The van der Waals surface area contributed by atoms with Crippen molar-refractivity contribution in [1.82, 2.24) is 0 Å². The lowest BCUT2D eigenvalue weighted by Gasteiger charge is -2.39. The van der Waals surface area contributed by atoms with Gasteiger partial charge in [0.1, 0.15) is 0 Å². The van der Waals surface area contributed by atoms with E-state index < -0.39 is 0 Å². The van der Waals surface area contributed by atoms with Crippen LogP contribution in [-0.4, -0.2) is 6.04 Å². The normalized spacial score (nSPS) is 22.9. The van der Waals surface area contributed by atoms with Crippen LogP contribution in [0.2, 0.25) is 0 Å². The van der Waals surface area contributed by atoms with E-state index in [0.29, 0.717) is 6.04 Å². The van der Waals surface area contributed by atoms with E-state index in [1.54, 1.807) is 0 Å². The molecule has 18 heavy (non-hydrogen) atoms. The molecule has 2 heterocycles. The standard InChI is InChI=1S/C17H13N/c1-3-7-16-13(5-1)9-11-15-12-10-14-6-2-4-8-17(14)18(15)16/h1-12,16H. The Morgan fingerprint density at radius 3 is 2.83 bits per heavy atom. The fourth-order valence-electron chi connectivity index (χ4n) is 2.81. The molecule has 4 rings (SSSR count). The third-order valence-electron chi connectivity index (χ3n) is 3.67. The van der Waals surface area contributed by atoms with Crippen LogP contribution in [0.4, 0.5) is 5.69 Å². The van der Waals surface area contributed by atoms with Crippen LogP contribution in [0.25, 0.3) is 6.08 Å². The zero-order valence-electron chi connectivity index (χ0n) is 9.95. The van der Waals surface area contributed by atoms with Crippen molar-refractivity contribution < 1.29 is 0 Å². The number of hydrogen-bond acceptors (Lipinski definition) is 1. The minimum atomic E-state index is 0.334. The number of para-hydroxylation sites is 1. The molecule has 86 valence electrons. The quantitative estimate of drug-likeness (QED) is 0.655. The minimum absolute atomic E-state index is 0.334. The maximum atomic E-state index is 2.41. The maximum absolute atomic E-state index is 2.41. The second-order valence-corrected chi connectivity index (χ2v) is 4.71. The van der Waals surface area contributed by atoms with Crippen molar-refractivity contribution in [2.45, 2.75) is 6.04 Å². The molecule has 1 aromatic rings. The highest BCUT2D eigenvalue weighted by Gasteiger charge is 2.28. The molecule has 3 aliphatic rings. The molecule has 0 N–H and O–H groups in total. The summed E-state index contributed by atoms with van der Waals surface area (Å²) < 4.78 is 0. The van der Waals surface area contributed by atoms with Gasteiger partial charge in [-0.2, -0.15) is 0 Å². The zero-order valence-corrected chi connectivity index (χ0v) is 9.95. The van der Waals surface area contributed by atoms with Crippen LogP contribution >= 0.6 is 0 Å². The first-order chi connectivity index (χ1) is 8.93. The van der Waals surface area contributed by atoms with Crippen LogP contribution in [0.15, 0.2) is 78.1 Å². The van der Waals surface area contributed by atoms with Gasteiger partial charge in [-0.15, -0.1) is 0 Å². The van der Waals surface area contributed by atoms with Gasteiger partial charge in [-0.3, -0.25) is 0 Å². The van der Waals surface area contributed by atoms with Crippen LogP contribution in [0.5, 0.6) is 0 Å². The molecule has 0 saturated heterocycles. The van der Waals surface area contributed by atoms with Gasteiger partial charge >= 0.3 is 0 Å². The molecule has 0 bridgehead atoms. The molecule has 0 aromatic heterocycles. The molecule has 0 spiro atoms. The molecule has 1 aromatic carbocycles. The SMILES string of the molecule is C1=CC2=CC=C3C=Cc4ccccc4N3C2C=C1. The number of allylic oxidation sites excluding steroid dienone is 5. The molecular weight excluding hydrogens is 218 g/mol. The summed E-state index contributed by atoms with van der Waals surface area (Å²) >= 11 is 0. The summed E-state index contributed by atoms with van der Waals surface area (Å²) in [5.41, 5.74) is 5.20. The van der Waals surface area contributed by atoms with Crippen LogP contribution in [0.3, 0.4) is 0 Å². The van der Waals surface area contributed by atoms with Gasteiger partial charge in [-0.25, -0.2) is 0 Å². The predicted octanol–water partition coefficient (Wildman–Crippen LogP) is 3.84. The third-order valence-corrected chi connectivity index (χ3v) is 3.67. The fraction of sp³-hybridized carbons (Fsp3) is 0.0588. The Labute approximate surface area is 107 Å². The van der Waals surface area contributed by atoms with Gasteiger partial charge in [0, 0.05) is 11.4 Å². The van der Waals surface area contributed by atoms with E-state index in [1.165, 1.54) is 22.5 Å². The molecule has 1 heteroatoms. The fourth-order valence-corrected chi connectivity index (χ4v) is 2.81. The van der Waals surface area contributed by atoms with Crippen LogP contribution < -0.4 is 4.90 Å². The largest absolute Gasteiger partial charge is 0.330 e. The summed E-state index contributed by atoms with van der Waals surface area (Å²) in [4.78, 5) is 2.41. The van der Waals surface area contributed by atoms with Crippen molar-refractivity contribution in [2.75, 3.05) is 4.90 Å². The first-order valence-corrected chi connectivity index (χ1v) is 6.26. The second-order valence-electron chi connectivity index (χ2n) is 4.71. The van der Waals surface area contributed by atoms with Gasteiger partial charge in [0.15, 0.2) is 0 Å². The van der Waals surface area contributed by atoms with Gasteiger partial charge in [-0.1, -0.05) is 54.7 Å². The Morgan fingerprint density at radius 2 is 1.83 bits per heavy atom. The van der Waals surface area contributed by atoms with Crippen molar-refractivity contribution >= 4 is 11.8 Å². The molecule has 1 unspecified atom stereocenters. The van der Waals surface area contributed by atoms with Gasteiger partial charge < -0.3 is 4.90 Å². The lowest BCUT2D eigenvalue weighted by molar-refractivity contribution is 0.851. The zero-order chi connectivity index (χ0) is 11.9. The molecule has 0 saturated carbocycles. The van der Waals surface area contributed by atoms with Gasteiger partial charge in [0.25, 0.3) is 0 Å². The van der Waals surface area contributed by atoms with E-state index in [-0.39, 0.29) is 0 Å². The molecule has 1 aliphatic carbocycles. The van der Waals surface area contributed by atoms with Crippen molar-refractivity contribution in [3.05, 3.63) is 83.6 Å². The first-order valence-electron chi connectivity index (χ1n) is 6.26. The summed E-state index contributed by atoms with van der Waals surface area (Å²) in [7, 11) is 0. The van der Waals surface area contributed by atoms with Gasteiger partial charge in [0.05, 0.1) is 6.04 Å².